The molecule has 2 aliphatic heterocycles. The molecule has 0 atom stereocenters. The standard InChI is InChI=1S/C21H29F3N4O2/c1-16(29)25-14-17-5-7-26(8-6-17)15-20(30)28-11-9-27(10-12-28)19-4-2-3-18(13-19)21(22,23)24/h2-4,13,17H,5-12,14-15H2,1H3,(H,25,29). The number of alkyl halides is 3. The van der Waals surface area contributed by atoms with Crippen molar-refractivity contribution in [1.82, 2.24) is 15.1 Å². The highest BCUT2D eigenvalue weighted by atomic mass is 19.4. The minimum atomic E-state index is -4.36. The van der Waals surface area contributed by atoms with E-state index < -0.39 is 11.7 Å². The molecular weight excluding hydrogens is 397 g/mol. The first-order chi connectivity index (χ1) is 14.2. The number of nitrogens with one attached hydrogen (secondary N) is 1. The molecule has 2 heterocycles. The van der Waals surface area contributed by atoms with Crippen LogP contribution in [0.25, 0.3) is 0 Å². The topological polar surface area (TPSA) is 55.9 Å². The fourth-order valence-corrected chi connectivity index (χ4v) is 4.02. The number of likely N-dealkylation sites (tertiary alicyclic amines) is 1. The number of carbonyl (C=O) groups is 2. The summed E-state index contributed by atoms with van der Waals surface area (Å²) in [6, 6.07) is 5.34. The first-order valence-corrected chi connectivity index (χ1v) is 10.4. The number of nitrogens with zero attached hydrogens (tertiary/aromatic N) is 3. The lowest BCUT2D eigenvalue weighted by molar-refractivity contribution is -0.137. The zero-order valence-corrected chi connectivity index (χ0v) is 17.2. The normalized spacial score (nSPS) is 19.1. The molecule has 2 aliphatic rings. The Morgan fingerprint density at radius 2 is 1.73 bits per heavy atom. The largest absolute Gasteiger partial charge is 0.416 e. The number of halogens is 3. The van der Waals surface area contributed by atoms with Crippen LogP contribution in [0.3, 0.4) is 0 Å². The molecule has 0 aromatic heterocycles. The third-order valence-corrected chi connectivity index (χ3v) is 5.88. The van der Waals surface area contributed by atoms with Gasteiger partial charge in [-0.05, 0) is 50.0 Å². The van der Waals surface area contributed by atoms with Crippen LogP contribution in [-0.2, 0) is 15.8 Å². The maximum absolute atomic E-state index is 12.9. The molecule has 0 radical (unpaired) electrons. The molecule has 0 saturated carbocycles. The van der Waals surface area contributed by atoms with Gasteiger partial charge in [-0.25, -0.2) is 0 Å². The summed E-state index contributed by atoms with van der Waals surface area (Å²) >= 11 is 0. The average Bonchev–Trinajstić information content (AvgIpc) is 2.73. The van der Waals surface area contributed by atoms with Crippen molar-refractivity contribution >= 4 is 17.5 Å². The summed E-state index contributed by atoms with van der Waals surface area (Å²) in [6.45, 7) is 6.30. The molecular formula is C21H29F3N4O2. The second kappa shape index (κ2) is 9.68. The molecule has 0 bridgehead atoms. The summed E-state index contributed by atoms with van der Waals surface area (Å²) in [4.78, 5) is 29.5. The zero-order chi connectivity index (χ0) is 21.7. The lowest BCUT2D eigenvalue weighted by Gasteiger charge is -2.38. The van der Waals surface area contributed by atoms with E-state index in [4.69, 9.17) is 0 Å². The fourth-order valence-electron chi connectivity index (χ4n) is 4.02. The number of benzene rings is 1. The van der Waals surface area contributed by atoms with Crippen molar-refractivity contribution < 1.29 is 22.8 Å². The lowest BCUT2D eigenvalue weighted by atomic mass is 9.97. The van der Waals surface area contributed by atoms with Crippen LogP contribution in [0.15, 0.2) is 24.3 Å². The van der Waals surface area contributed by atoms with E-state index in [2.05, 4.69) is 10.2 Å². The molecule has 1 aromatic carbocycles. The van der Waals surface area contributed by atoms with Gasteiger partial charge in [0.2, 0.25) is 11.8 Å². The third kappa shape index (κ3) is 6.10. The van der Waals surface area contributed by atoms with E-state index in [1.807, 2.05) is 4.90 Å². The maximum atomic E-state index is 12.9. The van der Waals surface area contributed by atoms with Crippen LogP contribution >= 0.6 is 0 Å². The summed E-state index contributed by atoms with van der Waals surface area (Å²) in [5.74, 6) is 0.507. The number of piperazine rings is 1. The average molecular weight is 426 g/mol. The summed E-state index contributed by atoms with van der Waals surface area (Å²) < 4.78 is 38.8. The maximum Gasteiger partial charge on any atom is 0.416 e. The molecule has 166 valence electrons. The minimum Gasteiger partial charge on any atom is -0.368 e. The van der Waals surface area contributed by atoms with Gasteiger partial charge in [0.15, 0.2) is 0 Å². The predicted molar refractivity (Wildman–Crippen MR) is 108 cm³/mol. The van der Waals surface area contributed by atoms with Crippen LogP contribution < -0.4 is 10.2 Å². The number of carbonyl (C=O) groups excluding carboxylic acids is 2. The minimum absolute atomic E-state index is 0.0168. The van der Waals surface area contributed by atoms with Crippen molar-refractivity contribution in [3.05, 3.63) is 29.8 Å². The molecule has 3 rings (SSSR count). The molecule has 1 N–H and O–H groups in total. The van der Waals surface area contributed by atoms with Gasteiger partial charge in [0, 0.05) is 45.3 Å². The van der Waals surface area contributed by atoms with Gasteiger partial charge >= 0.3 is 6.18 Å². The third-order valence-electron chi connectivity index (χ3n) is 5.88. The second-order valence-corrected chi connectivity index (χ2v) is 8.07. The van der Waals surface area contributed by atoms with Crippen molar-refractivity contribution in [2.45, 2.75) is 25.9 Å². The lowest BCUT2D eigenvalue weighted by Crippen LogP contribution is -2.52. The summed E-state index contributed by atoms with van der Waals surface area (Å²) in [7, 11) is 0. The molecule has 2 fully saturated rings. The number of rotatable bonds is 5. The molecule has 0 spiro atoms. The smallest absolute Gasteiger partial charge is 0.368 e. The highest BCUT2D eigenvalue weighted by Gasteiger charge is 2.31. The Labute approximate surface area is 175 Å². The fraction of sp³-hybridized carbons (Fsp3) is 0.619. The first-order valence-electron chi connectivity index (χ1n) is 10.4. The molecule has 9 heteroatoms. The van der Waals surface area contributed by atoms with Gasteiger partial charge in [-0.15, -0.1) is 0 Å². The highest BCUT2D eigenvalue weighted by Crippen LogP contribution is 2.31. The molecule has 2 saturated heterocycles. The van der Waals surface area contributed by atoms with Crippen molar-refractivity contribution in [3.63, 3.8) is 0 Å². The molecule has 1 aromatic rings. The van der Waals surface area contributed by atoms with Gasteiger partial charge in [0.05, 0.1) is 12.1 Å². The van der Waals surface area contributed by atoms with Crippen molar-refractivity contribution in [3.8, 4) is 0 Å². The predicted octanol–water partition coefficient (Wildman–Crippen LogP) is 2.20. The monoisotopic (exact) mass is 426 g/mol. The van der Waals surface area contributed by atoms with E-state index in [0.29, 0.717) is 50.9 Å². The first kappa shape index (κ1) is 22.4. The van der Waals surface area contributed by atoms with Crippen molar-refractivity contribution in [2.24, 2.45) is 5.92 Å². The van der Waals surface area contributed by atoms with E-state index >= 15 is 0 Å². The number of amides is 2. The summed E-state index contributed by atoms with van der Waals surface area (Å²) in [6.07, 6.45) is -2.45. The number of hydrogen-bond acceptors (Lipinski definition) is 4. The van der Waals surface area contributed by atoms with Crippen LogP contribution in [0.1, 0.15) is 25.3 Å². The van der Waals surface area contributed by atoms with Crippen LogP contribution in [0.4, 0.5) is 18.9 Å². The Morgan fingerprint density at radius 3 is 2.33 bits per heavy atom. The van der Waals surface area contributed by atoms with Crippen LogP contribution in [-0.4, -0.2) is 74.0 Å². The van der Waals surface area contributed by atoms with Gasteiger partial charge < -0.3 is 15.1 Å². The number of piperidine rings is 1. The molecule has 30 heavy (non-hydrogen) atoms. The Kier molecular flexibility index (Phi) is 7.23. The molecule has 0 aliphatic carbocycles. The van der Waals surface area contributed by atoms with Gasteiger partial charge in [-0.2, -0.15) is 13.2 Å². The summed E-state index contributed by atoms with van der Waals surface area (Å²) in [5, 5.41) is 2.85. The Hall–Kier alpha value is -2.29. The van der Waals surface area contributed by atoms with Gasteiger partial charge in [0.1, 0.15) is 0 Å². The number of anilines is 1. The van der Waals surface area contributed by atoms with Crippen molar-refractivity contribution in [1.29, 1.82) is 0 Å². The van der Waals surface area contributed by atoms with E-state index in [1.54, 1.807) is 11.0 Å². The van der Waals surface area contributed by atoms with Gasteiger partial charge in [-0.1, -0.05) is 6.07 Å². The van der Waals surface area contributed by atoms with E-state index in [1.165, 1.54) is 19.1 Å². The van der Waals surface area contributed by atoms with Crippen molar-refractivity contribution in [2.75, 3.05) is 57.3 Å². The molecule has 6 nitrogen and oxygen atoms in total. The Morgan fingerprint density at radius 1 is 1.07 bits per heavy atom. The number of hydrogen-bond donors (Lipinski definition) is 1. The summed E-state index contributed by atoms with van der Waals surface area (Å²) in [5.41, 5.74) is -0.112. The molecule has 2 amide bonds. The van der Waals surface area contributed by atoms with Gasteiger partial charge in [0.25, 0.3) is 0 Å². The van der Waals surface area contributed by atoms with E-state index in [-0.39, 0.29) is 11.8 Å². The van der Waals surface area contributed by atoms with E-state index in [9.17, 15) is 22.8 Å². The quantitative estimate of drug-likeness (QED) is 0.785. The Bertz CT molecular complexity index is 740. The highest BCUT2D eigenvalue weighted by molar-refractivity contribution is 5.78. The van der Waals surface area contributed by atoms with E-state index in [0.717, 1.165) is 32.0 Å². The SMILES string of the molecule is CC(=O)NCC1CCN(CC(=O)N2CCN(c3cccc(C(F)(F)F)c3)CC2)CC1. The molecule has 0 unspecified atom stereocenters. The van der Waals surface area contributed by atoms with Crippen LogP contribution in [0, 0.1) is 5.92 Å². The Balaban J connectivity index is 1.43. The second-order valence-electron chi connectivity index (χ2n) is 8.07. The van der Waals surface area contributed by atoms with Crippen LogP contribution in [0.2, 0.25) is 0 Å². The van der Waals surface area contributed by atoms with Crippen LogP contribution in [0.5, 0.6) is 0 Å². The zero-order valence-electron chi connectivity index (χ0n) is 17.2. The van der Waals surface area contributed by atoms with Gasteiger partial charge in [-0.3, -0.25) is 14.5 Å².